The highest BCUT2D eigenvalue weighted by Gasteiger charge is 2.23. The van der Waals surface area contributed by atoms with Crippen molar-refractivity contribution in [3.05, 3.63) is 65.7 Å². The van der Waals surface area contributed by atoms with Crippen LogP contribution in [0.15, 0.2) is 59.6 Å². The first kappa shape index (κ1) is 22.0. The molecule has 6 nitrogen and oxygen atoms in total. The normalized spacial score (nSPS) is 13.2. The first-order chi connectivity index (χ1) is 13.2. The van der Waals surface area contributed by atoms with Crippen LogP contribution in [0.5, 0.6) is 5.75 Å². The lowest BCUT2D eigenvalue weighted by Crippen LogP contribution is -2.36. The molecular formula is C21H27IN4O2. The number of carbonyl (C=O) groups excluding carboxylic acids is 1. The number of amides is 1. The molecule has 0 atom stereocenters. The number of nitrogens with zero attached hydrogens (tertiary/aromatic N) is 1. The molecule has 1 saturated carbocycles. The summed E-state index contributed by atoms with van der Waals surface area (Å²) in [5.41, 5.74) is 2.25. The van der Waals surface area contributed by atoms with Crippen LogP contribution in [0.4, 0.5) is 0 Å². The van der Waals surface area contributed by atoms with E-state index in [1.165, 1.54) is 5.56 Å². The van der Waals surface area contributed by atoms with Gasteiger partial charge in [-0.1, -0.05) is 42.5 Å². The molecule has 3 N–H and O–H groups in total. The van der Waals surface area contributed by atoms with Crippen LogP contribution in [0.1, 0.15) is 24.0 Å². The molecule has 0 bridgehead atoms. The molecule has 0 saturated heterocycles. The highest BCUT2D eigenvalue weighted by molar-refractivity contribution is 14.0. The van der Waals surface area contributed by atoms with Crippen LogP contribution in [-0.4, -0.2) is 31.6 Å². The third-order valence-corrected chi connectivity index (χ3v) is 4.20. The summed E-state index contributed by atoms with van der Waals surface area (Å²) in [6.45, 7) is 1.37. The maximum Gasteiger partial charge on any atom is 0.258 e. The molecule has 2 aromatic rings. The van der Waals surface area contributed by atoms with Gasteiger partial charge >= 0.3 is 0 Å². The van der Waals surface area contributed by atoms with Crippen LogP contribution < -0.4 is 20.7 Å². The molecule has 1 aliphatic rings. The van der Waals surface area contributed by atoms with Gasteiger partial charge in [0.1, 0.15) is 5.75 Å². The van der Waals surface area contributed by atoms with E-state index in [0.717, 1.165) is 24.4 Å². The summed E-state index contributed by atoms with van der Waals surface area (Å²) in [5.74, 6) is 1.35. The minimum Gasteiger partial charge on any atom is -0.484 e. The lowest BCUT2D eigenvalue weighted by Gasteiger charge is -2.13. The molecule has 1 fully saturated rings. The van der Waals surface area contributed by atoms with E-state index < -0.39 is 0 Å². The van der Waals surface area contributed by atoms with Crippen LogP contribution in [0.3, 0.4) is 0 Å². The predicted octanol–water partition coefficient (Wildman–Crippen LogP) is 2.83. The van der Waals surface area contributed by atoms with E-state index in [1.807, 2.05) is 42.5 Å². The van der Waals surface area contributed by atoms with Gasteiger partial charge in [-0.25, -0.2) is 0 Å². The first-order valence-electron chi connectivity index (χ1n) is 9.22. The molecule has 0 aromatic heterocycles. The van der Waals surface area contributed by atoms with Crippen molar-refractivity contribution in [2.75, 3.05) is 13.7 Å². The minimum absolute atomic E-state index is 0. The molecule has 28 heavy (non-hydrogen) atoms. The molecule has 1 amide bonds. The lowest BCUT2D eigenvalue weighted by atomic mass is 10.2. The number of halogens is 1. The Kier molecular flexibility index (Phi) is 9.06. The minimum atomic E-state index is -0.0634. The standard InChI is InChI=1S/C21H26N4O2.HI/c1-22-21(23-13-16-6-3-2-4-7-16)24-14-17-8-5-9-19(12-17)27-15-20(26)25-18-10-11-18;/h2-9,12,18H,10-11,13-15H2,1H3,(H,25,26)(H2,22,23,24);1H. The Morgan fingerprint density at radius 3 is 2.39 bits per heavy atom. The zero-order valence-corrected chi connectivity index (χ0v) is 18.3. The van der Waals surface area contributed by atoms with Gasteiger partial charge in [0.25, 0.3) is 5.91 Å². The molecule has 0 spiro atoms. The third kappa shape index (κ3) is 7.75. The van der Waals surface area contributed by atoms with Crippen molar-refractivity contribution in [1.82, 2.24) is 16.0 Å². The quantitative estimate of drug-likeness (QED) is 0.300. The van der Waals surface area contributed by atoms with E-state index in [9.17, 15) is 4.79 Å². The van der Waals surface area contributed by atoms with Gasteiger partial charge < -0.3 is 20.7 Å². The van der Waals surface area contributed by atoms with Crippen molar-refractivity contribution < 1.29 is 9.53 Å². The summed E-state index contributed by atoms with van der Waals surface area (Å²) in [4.78, 5) is 16.0. The summed E-state index contributed by atoms with van der Waals surface area (Å²) in [6, 6.07) is 18.2. The highest BCUT2D eigenvalue weighted by atomic mass is 127. The Hall–Kier alpha value is -2.29. The Morgan fingerprint density at radius 1 is 1.04 bits per heavy atom. The second-order valence-electron chi connectivity index (χ2n) is 6.54. The lowest BCUT2D eigenvalue weighted by molar-refractivity contribution is -0.123. The van der Waals surface area contributed by atoms with Crippen molar-refractivity contribution in [2.24, 2.45) is 4.99 Å². The Balaban J connectivity index is 0.00000280. The van der Waals surface area contributed by atoms with Gasteiger partial charge in [0.15, 0.2) is 12.6 Å². The number of ether oxygens (including phenoxy) is 1. The SMILES string of the molecule is CN=C(NCc1ccccc1)NCc1cccc(OCC(=O)NC2CC2)c1.I. The molecule has 1 aliphatic carbocycles. The second kappa shape index (κ2) is 11.5. The zero-order chi connectivity index (χ0) is 18.9. The molecule has 0 radical (unpaired) electrons. The summed E-state index contributed by atoms with van der Waals surface area (Å²) in [7, 11) is 1.75. The van der Waals surface area contributed by atoms with Gasteiger partial charge in [-0.05, 0) is 36.1 Å². The summed E-state index contributed by atoms with van der Waals surface area (Å²) in [5, 5.41) is 9.49. The van der Waals surface area contributed by atoms with Gasteiger partial charge in [-0.3, -0.25) is 9.79 Å². The van der Waals surface area contributed by atoms with E-state index in [1.54, 1.807) is 7.05 Å². The van der Waals surface area contributed by atoms with Crippen molar-refractivity contribution in [2.45, 2.75) is 32.0 Å². The second-order valence-corrected chi connectivity index (χ2v) is 6.54. The van der Waals surface area contributed by atoms with Crippen LogP contribution in [0.2, 0.25) is 0 Å². The summed E-state index contributed by atoms with van der Waals surface area (Å²) in [6.07, 6.45) is 2.15. The maximum absolute atomic E-state index is 11.7. The Bertz CT molecular complexity index is 779. The van der Waals surface area contributed by atoms with Crippen LogP contribution in [0.25, 0.3) is 0 Å². The summed E-state index contributed by atoms with van der Waals surface area (Å²) < 4.78 is 5.59. The molecule has 150 valence electrons. The first-order valence-corrected chi connectivity index (χ1v) is 9.22. The Morgan fingerprint density at radius 2 is 1.71 bits per heavy atom. The molecule has 0 aliphatic heterocycles. The van der Waals surface area contributed by atoms with E-state index in [2.05, 4.69) is 33.1 Å². The molecule has 0 unspecified atom stereocenters. The van der Waals surface area contributed by atoms with E-state index >= 15 is 0 Å². The zero-order valence-electron chi connectivity index (χ0n) is 16.0. The number of nitrogens with one attached hydrogen (secondary N) is 3. The number of rotatable bonds is 8. The number of carbonyl (C=O) groups is 1. The third-order valence-electron chi connectivity index (χ3n) is 4.20. The number of benzene rings is 2. The Labute approximate surface area is 183 Å². The monoisotopic (exact) mass is 494 g/mol. The van der Waals surface area contributed by atoms with Gasteiger partial charge in [0, 0.05) is 26.2 Å². The van der Waals surface area contributed by atoms with E-state index in [0.29, 0.717) is 24.9 Å². The molecule has 3 rings (SSSR count). The molecule has 2 aromatic carbocycles. The number of aliphatic imine (C=N–C) groups is 1. The predicted molar refractivity (Wildman–Crippen MR) is 122 cm³/mol. The average Bonchev–Trinajstić information content (AvgIpc) is 3.52. The van der Waals surface area contributed by atoms with Crippen LogP contribution in [0, 0.1) is 0 Å². The molecular weight excluding hydrogens is 467 g/mol. The molecule has 7 heteroatoms. The van der Waals surface area contributed by atoms with Crippen molar-refractivity contribution in [3.63, 3.8) is 0 Å². The van der Waals surface area contributed by atoms with Gasteiger partial charge in [-0.2, -0.15) is 0 Å². The van der Waals surface area contributed by atoms with Gasteiger partial charge in [0.2, 0.25) is 0 Å². The average molecular weight is 494 g/mol. The fourth-order valence-corrected chi connectivity index (χ4v) is 2.58. The van der Waals surface area contributed by atoms with E-state index in [4.69, 9.17) is 4.74 Å². The maximum atomic E-state index is 11.7. The topological polar surface area (TPSA) is 74.8 Å². The largest absolute Gasteiger partial charge is 0.484 e. The molecule has 0 heterocycles. The number of hydrogen-bond donors (Lipinski definition) is 3. The fraction of sp³-hybridized carbons (Fsp3) is 0.333. The van der Waals surface area contributed by atoms with Crippen LogP contribution in [-0.2, 0) is 17.9 Å². The number of guanidine groups is 1. The van der Waals surface area contributed by atoms with E-state index in [-0.39, 0.29) is 36.5 Å². The van der Waals surface area contributed by atoms with Gasteiger partial charge in [-0.15, -0.1) is 24.0 Å². The van der Waals surface area contributed by atoms with Crippen molar-refractivity contribution >= 4 is 35.8 Å². The summed E-state index contributed by atoms with van der Waals surface area (Å²) >= 11 is 0. The number of hydrogen-bond acceptors (Lipinski definition) is 3. The van der Waals surface area contributed by atoms with Crippen molar-refractivity contribution in [3.8, 4) is 5.75 Å². The van der Waals surface area contributed by atoms with Crippen LogP contribution >= 0.6 is 24.0 Å². The highest BCUT2D eigenvalue weighted by Crippen LogP contribution is 2.18. The smallest absolute Gasteiger partial charge is 0.258 e. The van der Waals surface area contributed by atoms with Crippen molar-refractivity contribution in [1.29, 1.82) is 0 Å². The fourth-order valence-electron chi connectivity index (χ4n) is 2.58. The van der Waals surface area contributed by atoms with Gasteiger partial charge in [0.05, 0.1) is 0 Å².